The van der Waals surface area contributed by atoms with Gasteiger partial charge in [0.15, 0.2) is 0 Å². The normalized spacial score (nSPS) is 21.6. The van der Waals surface area contributed by atoms with Gasteiger partial charge in [-0.05, 0) is 6.07 Å². The minimum atomic E-state index is -4.39. The number of aromatic nitrogens is 1. The Labute approximate surface area is 72.4 Å². The first-order valence-corrected chi connectivity index (χ1v) is 3.73. The van der Waals surface area contributed by atoms with Crippen molar-refractivity contribution in [3.05, 3.63) is 29.6 Å². The zero-order valence-corrected chi connectivity index (χ0v) is 6.51. The van der Waals surface area contributed by atoms with Crippen LogP contribution >= 0.6 is 0 Å². The fourth-order valence-corrected chi connectivity index (χ4v) is 1.14. The van der Waals surface area contributed by atoms with Gasteiger partial charge in [0.25, 0.3) is 0 Å². The Kier molecular flexibility index (Phi) is 1.76. The first-order chi connectivity index (χ1) is 6.09. The van der Waals surface area contributed by atoms with Gasteiger partial charge in [-0.15, -0.1) is 0 Å². The minimum Gasteiger partial charge on any atom is -0.368 e. The third kappa shape index (κ3) is 1.65. The van der Waals surface area contributed by atoms with Gasteiger partial charge in [0.2, 0.25) is 0 Å². The number of hydrogen-bond donors (Lipinski definition) is 0. The number of alkyl halides is 3. The molecule has 0 radical (unpaired) electrons. The van der Waals surface area contributed by atoms with E-state index in [2.05, 4.69) is 4.98 Å². The van der Waals surface area contributed by atoms with E-state index in [0.29, 0.717) is 6.61 Å². The second-order valence-electron chi connectivity index (χ2n) is 2.76. The average molecular weight is 189 g/mol. The van der Waals surface area contributed by atoms with E-state index >= 15 is 0 Å². The Morgan fingerprint density at radius 2 is 2.15 bits per heavy atom. The van der Waals surface area contributed by atoms with Crippen molar-refractivity contribution in [2.75, 3.05) is 6.61 Å². The Balaban J connectivity index is 2.43. The van der Waals surface area contributed by atoms with Crippen molar-refractivity contribution >= 4 is 0 Å². The van der Waals surface area contributed by atoms with Crippen LogP contribution in [-0.2, 0) is 10.9 Å². The van der Waals surface area contributed by atoms with Crippen LogP contribution in [0.4, 0.5) is 13.2 Å². The lowest BCUT2D eigenvalue weighted by molar-refractivity contribution is -0.142. The molecule has 1 aromatic rings. The summed E-state index contributed by atoms with van der Waals surface area (Å²) in [5.41, 5.74) is -0.701. The molecule has 2 rings (SSSR count). The molecule has 2 nitrogen and oxygen atoms in total. The highest BCUT2D eigenvalue weighted by Gasteiger charge is 2.40. The fourth-order valence-electron chi connectivity index (χ4n) is 1.14. The summed E-state index contributed by atoms with van der Waals surface area (Å²) >= 11 is 0. The maximum Gasteiger partial charge on any atom is 0.433 e. The van der Waals surface area contributed by atoms with Gasteiger partial charge >= 0.3 is 6.18 Å². The predicted molar refractivity (Wildman–Crippen MR) is 37.9 cm³/mol. The highest BCUT2D eigenvalue weighted by atomic mass is 19.4. The van der Waals surface area contributed by atoms with Crippen LogP contribution in [0.15, 0.2) is 18.3 Å². The summed E-state index contributed by atoms with van der Waals surface area (Å²) in [4.78, 5) is 3.31. The van der Waals surface area contributed by atoms with Crippen LogP contribution < -0.4 is 0 Å². The molecule has 0 unspecified atom stereocenters. The smallest absolute Gasteiger partial charge is 0.368 e. The lowest BCUT2D eigenvalue weighted by atomic mass is 10.1. The summed E-state index contributed by atoms with van der Waals surface area (Å²) < 4.78 is 41.7. The fraction of sp³-hybridized carbons (Fsp3) is 0.375. The largest absolute Gasteiger partial charge is 0.433 e. The topological polar surface area (TPSA) is 25.4 Å². The summed E-state index contributed by atoms with van der Waals surface area (Å²) in [6.45, 7) is 0.356. The standard InChI is InChI=1S/C8H6F3NO/c9-8(10,11)7-5(6-4-13-6)2-1-3-12-7/h1-3,6H,4H2/t6-/m0/s1. The molecular weight excluding hydrogens is 183 g/mol. The highest BCUT2D eigenvalue weighted by molar-refractivity contribution is 5.27. The van der Waals surface area contributed by atoms with Crippen LogP contribution in [0.2, 0.25) is 0 Å². The van der Waals surface area contributed by atoms with Crippen LogP contribution in [0.1, 0.15) is 17.4 Å². The van der Waals surface area contributed by atoms with Crippen molar-refractivity contribution in [1.29, 1.82) is 0 Å². The molecule has 1 aliphatic rings. The lowest BCUT2D eigenvalue weighted by Crippen LogP contribution is -2.11. The maximum absolute atomic E-state index is 12.3. The summed E-state index contributed by atoms with van der Waals surface area (Å²) in [7, 11) is 0. The monoisotopic (exact) mass is 189 g/mol. The second-order valence-corrected chi connectivity index (χ2v) is 2.76. The summed E-state index contributed by atoms with van der Waals surface area (Å²) in [6, 6.07) is 2.87. The zero-order chi connectivity index (χ0) is 9.47. The Morgan fingerprint density at radius 3 is 2.69 bits per heavy atom. The van der Waals surface area contributed by atoms with Gasteiger partial charge in [-0.25, -0.2) is 0 Å². The molecule has 1 atom stereocenters. The Hall–Kier alpha value is -1.10. The number of hydrogen-bond acceptors (Lipinski definition) is 2. The molecule has 0 aliphatic carbocycles. The molecule has 1 aliphatic heterocycles. The van der Waals surface area contributed by atoms with Gasteiger partial charge in [0.05, 0.1) is 6.61 Å². The molecule has 0 spiro atoms. The molecule has 2 heterocycles. The van der Waals surface area contributed by atoms with E-state index in [4.69, 9.17) is 4.74 Å². The molecular formula is C8H6F3NO. The molecule has 70 valence electrons. The van der Waals surface area contributed by atoms with E-state index in [1.54, 1.807) is 0 Å². The van der Waals surface area contributed by atoms with Gasteiger partial charge in [-0.1, -0.05) is 6.07 Å². The molecule has 0 amide bonds. The number of pyridine rings is 1. The second kappa shape index (κ2) is 2.70. The van der Waals surface area contributed by atoms with Crippen molar-refractivity contribution in [1.82, 2.24) is 4.98 Å². The Bertz CT molecular complexity index is 319. The number of halogens is 3. The quantitative estimate of drug-likeness (QED) is 0.632. The van der Waals surface area contributed by atoms with Crippen molar-refractivity contribution < 1.29 is 17.9 Å². The average Bonchev–Trinajstić information content (AvgIpc) is 2.85. The van der Waals surface area contributed by atoms with Crippen LogP contribution in [0.3, 0.4) is 0 Å². The number of epoxide rings is 1. The van der Waals surface area contributed by atoms with Crippen LogP contribution in [0.5, 0.6) is 0 Å². The van der Waals surface area contributed by atoms with E-state index in [0.717, 1.165) is 6.20 Å². The number of nitrogens with zero attached hydrogens (tertiary/aromatic N) is 1. The molecule has 1 aromatic heterocycles. The van der Waals surface area contributed by atoms with Gasteiger partial charge in [-0.3, -0.25) is 4.98 Å². The van der Waals surface area contributed by atoms with E-state index in [1.165, 1.54) is 12.1 Å². The van der Waals surface area contributed by atoms with Crippen molar-refractivity contribution in [3.63, 3.8) is 0 Å². The molecule has 0 N–H and O–H groups in total. The summed E-state index contributed by atoms with van der Waals surface area (Å²) in [5.74, 6) is 0. The molecule has 13 heavy (non-hydrogen) atoms. The van der Waals surface area contributed by atoms with Gasteiger partial charge in [-0.2, -0.15) is 13.2 Å². The SMILES string of the molecule is FC(F)(F)c1ncccc1[C@@H]1CO1. The minimum absolute atomic E-state index is 0.134. The van der Waals surface area contributed by atoms with Crippen LogP contribution in [0, 0.1) is 0 Å². The third-order valence-corrected chi connectivity index (χ3v) is 1.79. The van der Waals surface area contributed by atoms with Crippen LogP contribution in [-0.4, -0.2) is 11.6 Å². The molecule has 5 heteroatoms. The van der Waals surface area contributed by atoms with Crippen LogP contribution in [0.25, 0.3) is 0 Å². The molecule has 1 fully saturated rings. The van der Waals surface area contributed by atoms with E-state index < -0.39 is 18.0 Å². The van der Waals surface area contributed by atoms with Crippen molar-refractivity contribution in [3.8, 4) is 0 Å². The zero-order valence-electron chi connectivity index (χ0n) is 6.51. The Morgan fingerprint density at radius 1 is 1.46 bits per heavy atom. The number of rotatable bonds is 1. The van der Waals surface area contributed by atoms with Gasteiger partial charge in [0.1, 0.15) is 11.8 Å². The van der Waals surface area contributed by atoms with Crippen molar-refractivity contribution in [2.24, 2.45) is 0 Å². The third-order valence-electron chi connectivity index (χ3n) is 1.79. The van der Waals surface area contributed by atoms with Crippen molar-refractivity contribution in [2.45, 2.75) is 12.3 Å². The highest BCUT2D eigenvalue weighted by Crippen LogP contribution is 2.38. The molecule has 1 saturated heterocycles. The summed E-state index contributed by atoms with van der Waals surface area (Å²) in [6.07, 6.45) is -3.66. The number of ether oxygens (including phenoxy) is 1. The van der Waals surface area contributed by atoms with E-state index in [1.807, 2.05) is 0 Å². The molecule has 0 saturated carbocycles. The van der Waals surface area contributed by atoms with E-state index in [-0.39, 0.29) is 5.56 Å². The summed E-state index contributed by atoms with van der Waals surface area (Å²) in [5, 5.41) is 0. The maximum atomic E-state index is 12.3. The van der Waals surface area contributed by atoms with E-state index in [9.17, 15) is 13.2 Å². The lowest BCUT2D eigenvalue weighted by Gasteiger charge is -2.08. The predicted octanol–water partition coefficient (Wildman–Crippen LogP) is 2.17. The first-order valence-electron chi connectivity index (χ1n) is 3.73. The first kappa shape index (κ1) is 8.50. The molecule has 0 aromatic carbocycles. The molecule has 0 bridgehead atoms. The van der Waals surface area contributed by atoms with Gasteiger partial charge < -0.3 is 4.74 Å². The van der Waals surface area contributed by atoms with Gasteiger partial charge in [0, 0.05) is 11.8 Å².